The quantitative estimate of drug-likeness (QED) is 0.665. The van der Waals surface area contributed by atoms with E-state index in [-0.39, 0.29) is 0 Å². The third kappa shape index (κ3) is 2.63. The van der Waals surface area contributed by atoms with Crippen LogP contribution >= 0.6 is 0 Å². The van der Waals surface area contributed by atoms with Crippen LogP contribution < -0.4 is 4.74 Å². The topological polar surface area (TPSA) is 51.0 Å². The number of para-hydroxylation sites is 1. The van der Waals surface area contributed by atoms with Gasteiger partial charge >= 0.3 is 6.03 Å². The first-order valence-electron chi connectivity index (χ1n) is 4.85. The second kappa shape index (κ2) is 5.02. The summed E-state index contributed by atoms with van der Waals surface area (Å²) in [6.07, 6.45) is 6.83. The number of fused-ring (bicyclic) bond motifs is 1. The number of carbonyl (C=O) groups is 1. The van der Waals surface area contributed by atoms with Gasteiger partial charge in [-0.15, -0.1) is 0 Å². The molecule has 2 aliphatic rings. The number of hydrogen-bond donors (Lipinski definition) is 0. The Kier molecular flexibility index (Phi) is 3.23. The minimum absolute atomic E-state index is 0.407. The molecule has 0 N–H and O–H groups in total. The molecule has 80 valence electrons. The second-order valence-electron chi connectivity index (χ2n) is 3.09. The summed E-state index contributed by atoms with van der Waals surface area (Å²) in [5.74, 6) is 0.991. The van der Waals surface area contributed by atoms with Crippen molar-refractivity contribution >= 4 is 24.5 Å². The monoisotopic (exact) mass is 214 g/mol. The fourth-order valence-corrected chi connectivity index (χ4v) is 1.29. The highest BCUT2D eigenvalue weighted by Crippen LogP contribution is 2.21. The standard InChI is InChI=1S/C9H8O.C3H2N2O/c1-2-6-9-8(4-1)5-3-7-10-9;6-3-4-1-2-5-3/h1-6H,7H2;1-2H. The number of aliphatic imine (C=N–C) groups is 2. The van der Waals surface area contributed by atoms with Crippen molar-refractivity contribution in [2.45, 2.75) is 0 Å². The van der Waals surface area contributed by atoms with Gasteiger partial charge in [0.15, 0.2) is 0 Å². The molecule has 1 aromatic carbocycles. The van der Waals surface area contributed by atoms with Crippen molar-refractivity contribution in [3.05, 3.63) is 35.9 Å². The van der Waals surface area contributed by atoms with E-state index in [0.717, 1.165) is 5.75 Å². The number of rotatable bonds is 0. The van der Waals surface area contributed by atoms with Gasteiger partial charge in [0.1, 0.15) is 12.4 Å². The molecular formula is C12H10N2O2. The molecule has 2 amide bonds. The average molecular weight is 214 g/mol. The first-order chi connectivity index (χ1) is 7.86. The number of benzene rings is 1. The van der Waals surface area contributed by atoms with E-state index in [9.17, 15) is 4.79 Å². The van der Waals surface area contributed by atoms with E-state index in [2.05, 4.69) is 16.1 Å². The Labute approximate surface area is 93.0 Å². The summed E-state index contributed by atoms with van der Waals surface area (Å²) in [5, 5.41) is 0. The van der Waals surface area contributed by atoms with E-state index < -0.39 is 6.03 Å². The molecule has 0 aromatic heterocycles. The number of carbonyl (C=O) groups excluding carboxylic acids is 1. The Morgan fingerprint density at radius 2 is 1.88 bits per heavy atom. The lowest BCUT2D eigenvalue weighted by Crippen LogP contribution is -1.98. The lowest BCUT2D eigenvalue weighted by atomic mass is 10.1. The minimum Gasteiger partial charge on any atom is -0.489 e. The summed E-state index contributed by atoms with van der Waals surface area (Å²) in [5.41, 5.74) is 1.17. The Balaban J connectivity index is 0.000000138. The van der Waals surface area contributed by atoms with Crippen molar-refractivity contribution in [3.63, 3.8) is 0 Å². The molecule has 0 aliphatic carbocycles. The summed E-state index contributed by atoms with van der Waals surface area (Å²) in [6.45, 7) is 0.705. The molecule has 16 heavy (non-hydrogen) atoms. The number of nitrogens with zero attached hydrogens (tertiary/aromatic N) is 2. The number of ether oxygens (including phenoxy) is 1. The Morgan fingerprint density at radius 3 is 2.50 bits per heavy atom. The molecule has 3 rings (SSSR count). The zero-order valence-electron chi connectivity index (χ0n) is 8.54. The molecule has 0 unspecified atom stereocenters. The van der Waals surface area contributed by atoms with Crippen LogP contribution in [0.3, 0.4) is 0 Å². The zero-order valence-corrected chi connectivity index (χ0v) is 8.54. The predicted octanol–water partition coefficient (Wildman–Crippen LogP) is 2.35. The fourth-order valence-electron chi connectivity index (χ4n) is 1.29. The van der Waals surface area contributed by atoms with Crippen LogP contribution in [0.5, 0.6) is 5.75 Å². The van der Waals surface area contributed by atoms with E-state index in [1.807, 2.05) is 30.3 Å². The van der Waals surface area contributed by atoms with Crippen molar-refractivity contribution in [1.82, 2.24) is 0 Å². The van der Waals surface area contributed by atoms with E-state index in [1.54, 1.807) is 0 Å². The van der Waals surface area contributed by atoms with Crippen LogP contribution in [0.4, 0.5) is 4.79 Å². The highest BCUT2D eigenvalue weighted by atomic mass is 16.5. The molecule has 2 heterocycles. The van der Waals surface area contributed by atoms with Crippen molar-refractivity contribution in [2.24, 2.45) is 9.98 Å². The Hall–Kier alpha value is -2.23. The van der Waals surface area contributed by atoms with Crippen molar-refractivity contribution < 1.29 is 9.53 Å². The maximum Gasteiger partial charge on any atom is 0.367 e. The van der Waals surface area contributed by atoms with E-state index in [4.69, 9.17) is 4.74 Å². The average Bonchev–Trinajstić information content (AvgIpc) is 2.81. The van der Waals surface area contributed by atoms with E-state index in [1.165, 1.54) is 18.0 Å². The van der Waals surface area contributed by atoms with Crippen LogP contribution in [-0.2, 0) is 0 Å². The second-order valence-corrected chi connectivity index (χ2v) is 3.09. The Bertz CT molecular complexity index is 462. The van der Waals surface area contributed by atoms with Gasteiger partial charge in [-0.05, 0) is 12.1 Å². The summed E-state index contributed by atoms with van der Waals surface area (Å²) in [7, 11) is 0. The summed E-state index contributed by atoms with van der Waals surface area (Å²) < 4.78 is 5.34. The first kappa shape index (κ1) is 10.3. The minimum atomic E-state index is -0.407. The highest BCUT2D eigenvalue weighted by molar-refractivity contribution is 6.25. The normalized spacial score (nSPS) is 15.1. The molecule has 1 aromatic rings. The molecular weight excluding hydrogens is 204 g/mol. The zero-order chi connectivity index (χ0) is 11.2. The van der Waals surface area contributed by atoms with Crippen LogP contribution in [0.1, 0.15) is 5.56 Å². The molecule has 0 atom stereocenters. The summed E-state index contributed by atoms with van der Waals surface area (Å²) >= 11 is 0. The third-order valence-corrected chi connectivity index (χ3v) is 1.99. The van der Waals surface area contributed by atoms with Crippen molar-refractivity contribution in [1.29, 1.82) is 0 Å². The number of amides is 2. The van der Waals surface area contributed by atoms with Crippen molar-refractivity contribution in [2.75, 3.05) is 6.61 Å². The maximum absolute atomic E-state index is 9.85. The Morgan fingerprint density at radius 1 is 1.12 bits per heavy atom. The van der Waals surface area contributed by atoms with Gasteiger partial charge in [0.05, 0.1) is 12.4 Å². The smallest absolute Gasteiger partial charge is 0.367 e. The van der Waals surface area contributed by atoms with E-state index >= 15 is 0 Å². The van der Waals surface area contributed by atoms with Crippen molar-refractivity contribution in [3.8, 4) is 5.75 Å². The largest absolute Gasteiger partial charge is 0.489 e. The molecule has 4 heteroatoms. The van der Waals surface area contributed by atoms with E-state index in [0.29, 0.717) is 6.61 Å². The van der Waals surface area contributed by atoms with Gasteiger partial charge in [0, 0.05) is 5.56 Å². The van der Waals surface area contributed by atoms with Crippen LogP contribution in [-0.4, -0.2) is 25.1 Å². The third-order valence-electron chi connectivity index (χ3n) is 1.99. The van der Waals surface area contributed by atoms with Crippen LogP contribution in [0.25, 0.3) is 6.08 Å². The van der Waals surface area contributed by atoms with Gasteiger partial charge in [-0.3, -0.25) is 0 Å². The predicted molar refractivity (Wildman–Crippen MR) is 63.4 cm³/mol. The SMILES string of the molecule is C1=Cc2ccccc2OC1.O=C1N=CC=N1. The van der Waals surface area contributed by atoms with Gasteiger partial charge in [0.2, 0.25) is 0 Å². The molecule has 0 radical (unpaired) electrons. The molecule has 4 nitrogen and oxygen atoms in total. The van der Waals surface area contributed by atoms with Gasteiger partial charge in [-0.2, -0.15) is 9.98 Å². The van der Waals surface area contributed by atoms with Crippen LogP contribution in [0, 0.1) is 0 Å². The van der Waals surface area contributed by atoms with Gasteiger partial charge in [-0.25, -0.2) is 4.79 Å². The van der Waals surface area contributed by atoms with Crippen LogP contribution in [0.15, 0.2) is 40.3 Å². The highest BCUT2D eigenvalue weighted by Gasteiger charge is 2.01. The fraction of sp³-hybridized carbons (Fsp3) is 0.0833. The first-order valence-corrected chi connectivity index (χ1v) is 4.85. The molecule has 0 bridgehead atoms. The number of urea groups is 1. The van der Waals surface area contributed by atoms with Gasteiger partial charge < -0.3 is 4.74 Å². The number of hydrogen-bond acceptors (Lipinski definition) is 2. The summed E-state index contributed by atoms with van der Waals surface area (Å²) in [6, 6.07) is 7.62. The molecule has 0 spiro atoms. The van der Waals surface area contributed by atoms with Crippen LogP contribution in [0.2, 0.25) is 0 Å². The lowest BCUT2D eigenvalue weighted by molar-refractivity contribution is 0.257. The molecule has 0 saturated heterocycles. The van der Waals surface area contributed by atoms with Gasteiger partial charge in [0.25, 0.3) is 0 Å². The molecule has 2 aliphatic heterocycles. The lowest BCUT2D eigenvalue weighted by Gasteiger charge is -2.10. The molecule has 0 fully saturated rings. The molecule has 0 saturated carbocycles. The van der Waals surface area contributed by atoms with Gasteiger partial charge in [-0.1, -0.05) is 24.3 Å². The maximum atomic E-state index is 9.85. The summed E-state index contributed by atoms with van der Waals surface area (Å²) in [4.78, 5) is 16.3.